The molecule has 2 heterocycles. The highest BCUT2D eigenvalue weighted by atomic mass is 79.9. The lowest BCUT2D eigenvalue weighted by molar-refractivity contribution is 0.919. The van der Waals surface area contributed by atoms with Crippen molar-refractivity contribution in [1.29, 1.82) is 0 Å². The van der Waals surface area contributed by atoms with E-state index in [0.717, 1.165) is 30.3 Å². The molecule has 17 heavy (non-hydrogen) atoms. The molecule has 0 aliphatic carbocycles. The van der Waals surface area contributed by atoms with Gasteiger partial charge in [-0.05, 0) is 35.0 Å². The van der Waals surface area contributed by atoms with Crippen LogP contribution in [0.5, 0.6) is 0 Å². The van der Waals surface area contributed by atoms with Gasteiger partial charge in [0.05, 0.1) is 11.4 Å². The number of hydrogen-bond donors (Lipinski definition) is 0. The predicted molar refractivity (Wildman–Crippen MR) is 76.4 cm³/mol. The molecule has 0 aliphatic heterocycles. The summed E-state index contributed by atoms with van der Waals surface area (Å²) in [5.74, 6) is 0. The molecule has 0 saturated heterocycles. The molecule has 0 radical (unpaired) electrons. The second-order valence-corrected chi connectivity index (χ2v) is 6.75. The molecule has 0 bridgehead atoms. The molecule has 0 N–H and O–H groups in total. The summed E-state index contributed by atoms with van der Waals surface area (Å²) in [6, 6.07) is 8.15. The number of aryl methyl sites for hydroxylation is 1. The Hall–Kier alpha value is -0.720. The molecular formula is C11H7Br2N3S. The SMILES string of the molecule is Cc1c(-c2ccc(Br)cc2)nc2sc(Br)nn12. The van der Waals surface area contributed by atoms with Gasteiger partial charge in [-0.25, -0.2) is 9.50 Å². The standard InChI is InChI=1S/C11H7Br2N3S/c1-6-9(7-2-4-8(12)5-3-7)14-11-16(6)15-10(13)17-11/h2-5H,1H3. The molecule has 1 aromatic carbocycles. The molecule has 3 aromatic rings. The molecule has 86 valence electrons. The van der Waals surface area contributed by atoms with Crippen molar-refractivity contribution in [3.63, 3.8) is 0 Å². The molecule has 6 heteroatoms. The maximum absolute atomic E-state index is 4.61. The quantitative estimate of drug-likeness (QED) is 0.637. The Morgan fingerprint density at radius 3 is 2.53 bits per heavy atom. The predicted octanol–water partition coefficient (Wildman–Crippen LogP) is 4.29. The third kappa shape index (κ3) is 1.94. The summed E-state index contributed by atoms with van der Waals surface area (Å²) >= 11 is 8.33. The topological polar surface area (TPSA) is 30.2 Å². The van der Waals surface area contributed by atoms with Gasteiger partial charge in [0.2, 0.25) is 4.96 Å². The van der Waals surface area contributed by atoms with E-state index in [-0.39, 0.29) is 0 Å². The van der Waals surface area contributed by atoms with Gasteiger partial charge in [0.15, 0.2) is 3.92 Å². The summed E-state index contributed by atoms with van der Waals surface area (Å²) < 4.78 is 3.79. The van der Waals surface area contributed by atoms with E-state index in [9.17, 15) is 0 Å². The van der Waals surface area contributed by atoms with Gasteiger partial charge in [-0.2, -0.15) is 0 Å². The fraction of sp³-hybridized carbons (Fsp3) is 0.0909. The van der Waals surface area contributed by atoms with E-state index in [1.165, 1.54) is 11.3 Å². The molecule has 3 nitrogen and oxygen atoms in total. The number of fused-ring (bicyclic) bond motifs is 1. The third-order valence-corrected chi connectivity index (χ3v) is 4.39. The number of hydrogen-bond acceptors (Lipinski definition) is 3. The number of imidazole rings is 1. The molecule has 0 unspecified atom stereocenters. The maximum atomic E-state index is 4.61. The normalized spacial score (nSPS) is 11.2. The fourth-order valence-corrected chi connectivity index (χ4v) is 3.24. The van der Waals surface area contributed by atoms with Gasteiger partial charge in [0, 0.05) is 10.0 Å². The minimum absolute atomic E-state index is 0.852. The Labute approximate surface area is 119 Å². The first kappa shape index (κ1) is 11.4. The Morgan fingerprint density at radius 1 is 1.18 bits per heavy atom. The highest BCUT2D eigenvalue weighted by Crippen LogP contribution is 2.28. The summed E-state index contributed by atoms with van der Waals surface area (Å²) in [4.78, 5) is 5.52. The van der Waals surface area contributed by atoms with Crippen molar-refractivity contribution in [2.45, 2.75) is 6.92 Å². The first-order valence-electron chi connectivity index (χ1n) is 4.93. The summed E-state index contributed by atoms with van der Waals surface area (Å²) in [6.07, 6.45) is 0. The average Bonchev–Trinajstić information content (AvgIpc) is 2.79. The van der Waals surface area contributed by atoms with Crippen LogP contribution in [0.4, 0.5) is 0 Å². The number of aromatic nitrogens is 3. The first-order valence-corrected chi connectivity index (χ1v) is 7.33. The average molecular weight is 373 g/mol. The highest BCUT2D eigenvalue weighted by Gasteiger charge is 2.13. The Kier molecular flexibility index (Phi) is 2.80. The van der Waals surface area contributed by atoms with E-state index in [2.05, 4.69) is 54.1 Å². The zero-order valence-electron chi connectivity index (χ0n) is 8.82. The highest BCUT2D eigenvalue weighted by molar-refractivity contribution is 9.11. The van der Waals surface area contributed by atoms with Crippen LogP contribution in [0.2, 0.25) is 0 Å². The van der Waals surface area contributed by atoms with E-state index in [0.29, 0.717) is 0 Å². The van der Waals surface area contributed by atoms with E-state index >= 15 is 0 Å². The van der Waals surface area contributed by atoms with E-state index in [1.807, 2.05) is 23.6 Å². The number of rotatable bonds is 1. The van der Waals surface area contributed by atoms with Gasteiger partial charge >= 0.3 is 0 Å². The van der Waals surface area contributed by atoms with Crippen LogP contribution in [-0.4, -0.2) is 14.6 Å². The zero-order valence-corrected chi connectivity index (χ0v) is 12.8. The minimum Gasteiger partial charge on any atom is -0.217 e. The zero-order chi connectivity index (χ0) is 12.0. The van der Waals surface area contributed by atoms with Gasteiger partial charge in [-0.3, -0.25) is 0 Å². The Balaban J connectivity index is 2.20. The first-order chi connectivity index (χ1) is 8.15. The number of benzene rings is 1. The second-order valence-electron chi connectivity index (χ2n) is 3.60. The van der Waals surface area contributed by atoms with Crippen LogP contribution < -0.4 is 0 Å². The number of halogens is 2. The van der Waals surface area contributed by atoms with Crippen LogP contribution in [0.1, 0.15) is 5.69 Å². The van der Waals surface area contributed by atoms with E-state index in [1.54, 1.807) is 0 Å². The van der Waals surface area contributed by atoms with Crippen molar-refractivity contribution in [1.82, 2.24) is 14.6 Å². The van der Waals surface area contributed by atoms with Crippen LogP contribution in [0, 0.1) is 6.92 Å². The summed E-state index contributed by atoms with van der Waals surface area (Å²) in [5.41, 5.74) is 3.16. The van der Waals surface area contributed by atoms with Crippen LogP contribution in [0.25, 0.3) is 16.2 Å². The minimum atomic E-state index is 0.852. The van der Waals surface area contributed by atoms with Crippen LogP contribution in [-0.2, 0) is 0 Å². The van der Waals surface area contributed by atoms with Crippen LogP contribution in [0.3, 0.4) is 0 Å². The van der Waals surface area contributed by atoms with Gasteiger partial charge in [0.25, 0.3) is 0 Å². The largest absolute Gasteiger partial charge is 0.217 e. The van der Waals surface area contributed by atoms with Gasteiger partial charge in [-0.1, -0.05) is 39.4 Å². The van der Waals surface area contributed by atoms with Gasteiger partial charge in [-0.15, -0.1) is 5.10 Å². The van der Waals surface area contributed by atoms with E-state index in [4.69, 9.17) is 0 Å². The summed E-state index contributed by atoms with van der Waals surface area (Å²) in [5, 5.41) is 4.36. The maximum Gasteiger partial charge on any atom is 0.213 e. The fourth-order valence-electron chi connectivity index (χ4n) is 1.71. The molecule has 0 fully saturated rings. The molecule has 0 saturated carbocycles. The molecule has 0 atom stereocenters. The van der Waals surface area contributed by atoms with Crippen molar-refractivity contribution in [3.05, 3.63) is 38.3 Å². The number of nitrogens with zero attached hydrogens (tertiary/aromatic N) is 3. The monoisotopic (exact) mass is 371 g/mol. The van der Waals surface area contributed by atoms with Crippen molar-refractivity contribution in [2.24, 2.45) is 0 Å². The lowest BCUT2D eigenvalue weighted by Crippen LogP contribution is -1.88. The lowest BCUT2D eigenvalue weighted by atomic mass is 10.1. The van der Waals surface area contributed by atoms with Gasteiger partial charge in [0.1, 0.15) is 0 Å². The Bertz CT molecular complexity index is 685. The molecular weight excluding hydrogens is 366 g/mol. The second kappa shape index (κ2) is 4.19. The molecule has 0 amide bonds. The summed E-state index contributed by atoms with van der Waals surface area (Å²) in [6.45, 7) is 2.03. The third-order valence-electron chi connectivity index (χ3n) is 2.52. The van der Waals surface area contributed by atoms with E-state index < -0.39 is 0 Å². The molecule has 0 aliphatic rings. The molecule has 3 rings (SSSR count). The molecule has 2 aromatic heterocycles. The molecule has 0 spiro atoms. The van der Waals surface area contributed by atoms with Crippen molar-refractivity contribution >= 4 is 48.2 Å². The lowest BCUT2D eigenvalue weighted by Gasteiger charge is -1.98. The van der Waals surface area contributed by atoms with Crippen LogP contribution >= 0.6 is 43.2 Å². The van der Waals surface area contributed by atoms with Crippen molar-refractivity contribution < 1.29 is 0 Å². The van der Waals surface area contributed by atoms with Crippen molar-refractivity contribution in [2.75, 3.05) is 0 Å². The summed E-state index contributed by atoms with van der Waals surface area (Å²) in [7, 11) is 0. The smallest absolute Gasteiger partial charge is 0.213 e. The Morgan fingerprint density at radius 2 is 1.88 bits per heavy atom. The van der Waals surface area contributed by atoms with Crippen LogP contribution in [0.15, 0.2) is 32.7 Å². The van der Waals surface area contributed by atoms with Crippen molar-refractivity contribution in [3.8, 4) is 11.3 Å². The van der Waals surface area contributed by atoms with Gasteiger partial charge < -0.3 is 0 Å².